The van der Waals surface area contributed by atoms with Crippen molar-refractivity contribution < 1.29 is 19.1 Å². The molecule has 2 unspecified atom stereocenters. The van der Waals surface area contributed by atoms with Crippen molar-refractivity contribution in [1.29, 1.82) is 0 Å². The summed E-state index contributed by atoms with van der Waals surface area (Å²) in [6.45, 7) is 0. The molecule has 0 radical (unpaired) electrons. The van der Waals surface area contributed by atoms with Crippen molar-refractivity contribution in [2.24, 2.45) is 10.8 Å². The Morgan fingerprint density at radius 2 is 1.97 bits per heavy atom. The molecule has 0 spiro atoms. The highest BCUT2D eigenvalue weighted by Crippen LogP contribution is 2.26. The molecule has 2 aromatic rings. The second kappa shape index (κ2) is 9.53. The van der Waals surface area contributed by atoms with Crippen molar-refractivity contribution in [2.45, 2.75) is 24.9 Å². The molecule has 1 aliphatic heterocycles. The van der Waals surface area contributed by atoms with E-state index in [2.05, 4.69) is 26.3 Å². The van der Waals surface area contributed by atoms with E-state index in [1.807, 2.05) is 24.3 Å². The minimum Gasteiger partial charge on any atom is -0.469 e. The number of halogens is 1. The average Bonchev–Trinajstić information content (AvgIpc) is 3.20. The molecular weight excluding hydrogens is 452 g/mol. The number of nitrogens with one attached hydrogen (secondary N) is 1. The number of hydrazone groups is 1. The summed E-state index contributed by atoms with van der Waals surface area (Å²) < 4.78 is 5.57. The molecular formula is C21H21BrN4O4. The molecule has 0 fully saturated rings. The number of hydrogen-bond acceptors (Lipinski definition) is 6. The van der Waals surface area contributed by atoms with Crippen molar-refractivity contribution in [3.63, 3.8) is 0 Å². The molecule has 3 rings (SSSR count). The van der Waals surface area contributed by atoms with Crippen LogP contribution in [0.15, 0.2) is 64.2 Å². The van der Waals surface area contributed by atoms with Gasteiger partial charge in [-0.2, -0.15) is 5.10 Å². The van der Waals surface area contributed by atoms with Crippen LogP contribution in [0.1, 0.15) is 24.4 Å². The van der Waals surface area contributed by atoms with E-state index >= 15 is 0 Å². The molecule has 0 aromatic heterocycles. The second-order valence-corrected chi connectivity index (χ2v) is 7.63. The van der Waals surface area contributed by atoms with Gasteiger partial charge in [0.05, 0.1) is 25.3 Å². The average molecular weight is 473 g/mol. The first-order chi connectivity index (χ1) is 14.4. The van der Waals surface area contributed by atoms with Crippen LogP contribution in [0.3, 0.4) is 0 Å². The fraction of sp³-hybridized carbons (Fsp3) is 0.238. The van der Waals surface area contributed by atoms with E-state index in [-0.39, 0.29) is 18.6 Å². The summed E-state index contributed by atoms with van der Waals surface area (Å²) in [7, 11) is 1.29. The molecule has 9 heteroatoms. The van der Waals surface area contributed by atoms with Gasteiger partial charge in [-0.1, -0.05) is 46.3 Å². The highest BCUT2D eigenvalue weighted by atomic mass is 79.9. The molecule has 2 aromatic carbocycles. The van der Waals surface area contributed by atoms with Gasteiger partial charge < -0.3 is 15.8 Å². The quantitative estimate of drug-likeness (QED) is 0.599. The van der Waals surface area contributed by atoms with Crippen LogP contribution >= 0.6 is 15.9 Å². The summed E-state index contributed by atoms with van der Waals surface area (Å²) >= 11 is 3.39. The number of benzene rings is 2. The number of hydrogen-bond donors (Lipinski definition) is 2. The van der Waals surface area contributed by atoms with E-state index in [1.54, 1.807) is 30.3 Å². The fourth-order valence-electron chi connectivity index (χ4n) is 3.15. The van der Waals surface area contributed by atoms with Gasteiger partial charge in [-0.15, -0.1) is 0 Å². The molecule has 156 valence electrons. The van der Waals surface area contributed by atoms with Crippen molar-refractivity contribution >= 4 is 45.1 Å². The van der Waals surface area contributed by atoms with Gasteiger partial charge in [-0.05, 0) is 29.8 Å². The van der Waals surface area contributed by atoms with Crippen molar-refractivity contribution in [1.82, 2.24) is 5.32 Å². The van der Waals surface area contributed by atoms with Crippen molar-refractivity contribution in [3.05, 3.63) is 64.6 Å². The molecule has 8 nitrogen and oxygen atoms in total. The first-order valence-corrected chi connectivity index (χ1v) is 10.0. The summed E-state index contributed by atoms with van der Waals surface area (Å²) in [5.74, 6) is -1.52. The lowest BCUT2D eigenvalue weighted by atomic mass is 10.0. The minimum absolute atomic E-state index is 0.0480. The van der Waals surface area contributed by atoms with Crippen LogP contribution in [0.25, 0.3) is 0 Å². The number of methoxy groups -OCH3 is 1. The molecule has 2 amide bonds. The third-order valence-corrected chi connectivity index (χ3v) is 5.17. The molecule has 0 bridgehead atoms. The number of amides is 2. The number of ether oxygens (including phenoxy) is 1. The minimum atomic E-state index is -0.766. The first kappa shape index (κ1) is 21.5. The third-order valence-electron chi connectivity index (χ3n) is 4.68. The lowest BCUT2D eigenvalue weighted by Gasteiger charge is -2.20. The number of nitrogens with two attached hydrogens (primary N) is 1. The van der Waals surface area contributed by atoms with E-state index < -0.39 is 29.9 Å². The number of carbonyl (C=O) groups excluding carboxylic acids is 3. The SMILES string of the molecule is COC(=O)CC(NC(=O)C1=NN(c2ccccc2)C(C(N)=O)C1)c1cccc(Br)c1. The number of esters is 1. The molecule has 1 aliphatic rings. The number of para-hydroxylation sites is 1. The Kier molecular flexibility index (Phi) is 6.83. The largest absolute Gasteiger partial charge is 0.469 e. The topological polar surface area (TPSA) is 114 Å². The van der Waals surface area contributed by atoms with E-state index in [1.165, 1.54) is 12.1 Å². The molecule has 0 saturated heterocycles. The molecule has 2 atom stereocenters. The van der Waals surface area contributed by atoms with Crippen LogP contribution in [-0.2, 0) is 19.1 Å². The van der Waals surface area contributed by atoms with Gasteiger partial charge in [0, 0.05) is 10.9 Å². The Hall–Kier alpha value is -3.20. The zero-order valence-electron chi connectivity index (χ0n) is 16.2. The summed E-state index contributed by atoms with van der Waals surface area (Å²) in [6.07, 6.45) is 0.0209. The van der Waals surface area contributed by atoms with Gasteiger partial charge in [-0.25, -0.2) is 0 Å². The Morgan fingerprint density at radius 1 is 1.23 bits per heavy atom. The van der Waals surface area contributed by atoms with Gasteiger partial charge in [-0.3, -0.25) is 19.4 Å². The summed E-state index contributed by atoms with van der Waals surface area (Å²) in [5, 5.41) is 8.62. The Bertz CT molecular complexity index is 980. The first-order valence-electron chi connectivity index (χ1n) is 9.23. The Balaban J connectivity index is 1.84. The number of primary amides is 1. The van der Waals surface area contributed by atoms with Crippen molar-refractivity contribution in [3.8, 4) is 0 Å². The van der Waals surface area contributed by atoms with Gasteiger partial charge >= 0.3 is 5.97 Å². The van der Waals surface area contributed by atoms with Crippen molar-refractivity contribution in [2.75, 3.05) is 12.1 Å². The van der Waals surface area contributed by atoms with E-state index in [4.69, 9.17) is 10.5 Å². The Morgan fingerprint density at radius 3 is 2.60 bits per heavy atom. The lowest BCUT2D eigenvalue weighted by Crippen LogP contribution is -2.40. The van der Waals surface area contributed by atoms with Crippen LogP contribution in [0.4, 0.5) is 5.69 Å². The molecule has 1 heterocycles. The summed E-state index contributed by atoms with van der Waals surface area (Å²) in [5.41, 5.74) is 7.07. The zero-order valence-corrected chi connectivity index (χ0v) is 17.8. The normalized spacial score (nSPS) is 16.5. The second-order valence-electron chi connectivity index (χ2n) is 6.71. The van der Waals surface area contributed by atoms with Crippen LogP contribution in [0, 0.1) is 0 Å². The highest BCUT2D eigenvalue weighted by molar-refractivity contribution is 9.10. The predicted octanol–water partition coefficient (Wildman–Crippen LogP) is 2.29. The molecule has 0 saturated carbocycles. The highest BCUT2D eigenvalue weighted by Gasteiger charge is 2.35. The van der Waals surface area contributed by atoms with Crippen LogP contribution in [-0.4, -0.2) is 36.6 Å². The number of rotatable bonds is 7. The third kappa shape index (κ3) is 5.04. The van der Waals surface area contributed by atoms with E-state index in [0.29, 0.717) is 5.69 Å². The smallest absolute Gasteiger partial charge is 0.307 e. The summed E-state index contributed by atoms with van der Waals surface area (Å²) in [4.78, 5) is 36.7. The van der Waals surface area contributed by atoms with Gasteiger partial charge in [0.1, 0.15) is 11.8 Å². The predicted molar refractivity (Wildman–Crippen MR) is 116 cm³/mol. The van der Waals surface area contributed by atoms with Crippen LogP contribution in [0.2, 0.25) is 0 Å². The van der Waals surface area contributed by atoms with Gasteiger partial charge in [0.15, 0.2) is 0 Å². The van der Waals surface area contributed by atoms with Gasteiger partial charge in [0.25, 0.3) is 5.91 Å². The summed E-state index contributed by atoms with van der Waals surface area (Å²) in [6, 6.07) is 14.9. The van der Waals surface area contributed by atoms with E-state index in [9.17, 15) is 14.4 Å². The Labute approximate surface area is 182 Å². The van der Waals surface area contributed by atoms with Crippen LogP contribution < -0.4 is 16.1 Å². The maximum atomic E-state index is 12.9. The lowest BCUT2D eigenvalue weighted by molar-refractivity contribution is -0.141. The standard InChI is InChI=1S/C21H21BrN4O4/c1-30-19(27)12-16(13-6-5-7-14(22)10-13)24-21(29)17-11-18(20(23)28)26(25-17)15-8-3-2-4-9-15/h2-10,16,18H,11-12H2,1H3,(H2,23,28)(H,24,29). The monoisotopic (exact) mass is 472 g/mol. The maximum absolute atomic E-state index is 12.9. The molecule has 0 aliphatic carbocycles. The zero-order chi connectivity index (χ0) is 21.7. The fourth-order valence-corrected chi connectivity index (χ4v) is 3.57. The number of carbonyl (C=O) groups is 3. The van der Waals surface area contributed by atoms with Gasteiger partial charge in [0.2, 0.25) is 5.91 Å². The molecule has 30 heavy (non-hydrogen) atoms. The number of nitrogens with zero attached hydrogens (tertiary/aromatic N) is 2. The van der Waals surface area contributed by atoms with Crippen LogP contribution in [0.5, 0.6) is 0 Å². The molecule has 3 N–H and O–H groups in total. The van der Waals surface area contributed by atoms with E-state index in [0.717, 1.165) is 10.0 Å². The maximum Gasteiger partial charge on any atom is 0.307 e. The number of anilines is 1.